The molecule has 0 aromatic carbocycles. The summed E-state index contributed by atoms with van der Waals surface area (Å²) < 4.78 is 23.5. The van der Waals surface area contributed by atoms with Gasteiger partial charge in [-0.2, -0.15) is 0 Å². The molecule has 14 heavy (non-hydrogen) atoms. The number of alkyl halides is 2. The third kappa shape index (κ3) is 2.95. The van der Waals surface area contributed by atoms with Crippen molar-refractivity contribution in [3.63, 3.8) is 0 Å². The largest absolute Gasteiger partial charge is 0.228 e. The minimum Gasteiger partial charge on any atom is -0.228 e. The first-order chi connectivity index (χ1) is 6.40. The second kappa shape index (κ2) is 4.83. The molecule has 0 N–H and O–H groups in total. The van der Waals surface area contributed by atoms with Gasteiger partial charge in [-0.25, -0.2) is 8.42 Å². The van der Waals surface area contributed by atoms with E-state index in [1.165, 1.54) is 0 Å². The van der Waals surface area contributed by atoms with Crippen molar-refractivity contribution in [2.24, 2.45) is 0 Å². The first-order valence-electron chi connectivity index (χ1n) is 4.86. The number of halogens is 2. The number of hydrogen-bond donors (Lipinski definition) is 0. The molecule has 1 fully saturated rings. The van der Waals surface area contributed by atoms with Gasteiger partial charge in [0.15, 0.2) is 9.84 Å². The van der Waals surface area contributed by atoms with Crippen LogP contribution in [0.5, 0.6) is 0 Å². The van der Waals surface area contributed by atoms with Crippen LogP contribution < -0.4 is 0 Å². The average Bonchev–Trinajstić information content (AvgIpc) is 2.26. The zero-order valence-corrected chi connectivity index (χ0v) is 12.3. The molecule has 1 saturated carbocycles. The highest BCUT2D eigenvalue weighted by Crippen LogP contribution is 2.38. The van der Waals surface area contributed by atoms with Gasteiger partial charge in [0.1, 0.15) is 4.66 Å². The maximum absolute atomic E-state index is 11.8. The zero-order valence-electron chi connectivity index (χ0n) is 8.30. The first-order valence-corrected chi connectivity index (χ1v) is 8.49. The minimum absolute atomic E-state index is 0.0753. The molecule has 2 unspecified atom stereocenters. The predicted molar refractivity (Wildman–Crippen MR) is 66.9 cm³/mol. The molecule has 84 valence electrons. The lowest BCUT2D eigenvalue weighted by atomic mass is 10.0. The molecule has 2 atom stereocenters. The molecule has 5 heteroatoms. The van der Waals surface area contributed by atoms with Crippen molar-refractivity contribution >= 4 is 41.7 Å². The van der Waals surface area contributed by atoms with Crippen LogP contribution in [0.15, 0.2) is 0 Å². The smallest absolute Gasteiger partial charge is 0.164 e. The molecule has 0 aliphatic heterocycles. The molecule has 1 aliphatic carbocycles. The maximum Gasteiger partial charge on any atom is 0.164 e. The van der Waals surface area contributed by atoms with Crippen molar-refractivity contribution in [3.05, 3.63) is 0 Å². The van der Waals surface area contributed by atoms with Crippen LogP contribution in [0, 0.1) is 0 Å². The van der Waals surface area contributed by atoms with Crippen molar-refractivity contribution in [2.45, 2.75) is 48.6 Å². The maximum atomic E-state index is 11.8. The van der Waals surface area contributed by atoms with Crippen molar-refractivity contribution in [1.29, 1.82) is 0 Å². The topological polar surface area (TPSA) is 34.1 Å². The summed E-state index contributed by atoms with van der Waals surface area (Å²) in [4.78, 5) is 0. The fourth-order valence-electron chi connectivity index (χ4n) is 2.07. The number of rotatable bonds is 2. The minimum atomic E-state index is -2.98. The Morgan fingerprint density at radius 3 is 2.57 bits per heavy atom. The van der Waals surface area contributed by atoms with E-state index in [9.17, 15) is 8.42 Å². The van der Waals surface area contributed by atoms with E-state index in [-0.39, 0.29) is 14.2 Å². The van der Waals surface area contributed by atoms with Crippen LogP contribution in [0.1, 0.15) is 39.0 Å². The molecular formula is C9H16Br2O2S. The van der Waals surface area contributed by atoms with Crippen LogP contribution >= 0.6 is 31.9 Å². The van der Waals surface area contributed by atoms with E-state index in [4.69, 9.17) is 0 Å². The fraction of sp³-hybridized carbons (Fsp3) is 1.00. The van der Waals surface area contributed by atoms with Gasteiger partial charge in [-0.15, -0.1) is 0 Å². The Balaban J connectivity index is 2.93. The molecular weight excluding hydrogens is 332 g/mol. The molecule has 0 spiro atoms. The second-order valence-corrected chi connectivity index (χ2v) is 9.44. The van der Waals surface area contributed by atoms with Crippen LogP contribution in [-0.4, -0.2) is 22.7 Å². The Hall–Kier alpha value is 0.910. The van der Waals surface area contributed by atoms with Crippen molar-refractivity contribution in [3.8, 4) is 0 Å². The van der Waals surface area contributed by atoms with E-state index >= 15 is 0 Å². The Morgan fingerprint density at radius 2 is 2.00 bits per heavy atom. The summed E-state index contributed by atoms with van der Waals surface area (Å²) in [6.07, 6.45) is 5.03. The van der Waals surface area contributed by atoms with Crippen molar-refractivity contribution < 1.29 is 8.42 Å². The van der Waals surface area contributed by atoms with Gasteiger partial charge in [-0.3, -0.25) is 0 Å². The van der Waals surface area contributed by atoms with Gasteiger partial charge in [0.2, 0.25) is 0 Å². The summed E-state index contributed by atoms with van der Waals surface area (Å²) in [5, 5.41) is -0.239. The number of sulfone groups is 1. The van der Waals surface area contributed by atoms with E-state index in [0.29, 0.717) is 0 Å². The Morgan fingerprint density at radius 1 is 1.36 bits per heavy atom. The van der Waals surface area contributed by atoms with Gasteiger partial charge in [0.05, 0.1) is 5.25 Å². The molecule has 0 saturated heterocycles. The van der Waals surface area contributed by atoms with Gasteiger partial charge in [0, 0.05) is 4.32 Å². The van der Waals surface area contributed by atoms with Crippen molar-refractivity contribution in [2.75, 3.05) is 4.66 Å². The van der Waals surface area contributed by atoms with E-state index in [0.717, 1.165) is 32.1 Å². The molecule has 1 aliphatic rings. The van der Waals surface area contributed by atoms with Crippen LogP contribution in [0.2, 0.25) is 0 Å². The third-order valence-electron chi connectivity index (χ3n) is 2.89. The van der Waals surface area contributed by atoms with Crippen LogP contribution in [0.4, 0.5) is 0 Å². The average molecular weight is 348 g/mol. The highest BCUT2D eigenvalue weighted by molar-refractivity contribution is 9.11. The predicted octanol–water partition coefficient (Wildman–Crippen LogP) is 3.24. The normalized spacial score (nSPS) is 35.2. The highest BCUT2D eigenvalue weighted by atomic mass is 79.9. The second-order valence-electron chi connectivity index (χ2n) is 4.14. The fourth-order valence-corrected chi connectivity index (χ4v) is 5.93. The summed E-state index contributed by atoms with van der Waals surface area (Å²) in [7, 11) is -2.98. The SMILES string of the molecule is CC1(Br)CCCCCC1S(=O)(=O)CBr. The first kappa shape index (κ1) is 13.0. The van der Waals surface area contributed by atoms with E-state index in [1.54, 1.807) is 0 Å². The van der Waals surface area contributed by atoms with Crippen LogP contribution in [-0.2, 0) is 9.84 Å². The lowest BCUT2D eigenvalue weighted by Crippen LogP contribution is -2.39. The summed E-state index contributed by atoms with van der Waals surface area (Å²) in [6.45, 7) is 2.00. The van der Waals surface area contributed by atoms with Gasteiger partial charge in [0.25, 0.3) is 0 Å². The summed E-state index contributed by atoms with van der Waals surface area (Å²) in [6, 6.07) is 0. The third-order valence-corrected chi connectivity index (χ3v) is 7.98. The molecule has 0 radical (unpaired) electrons. The molecule has 0 aromatic rings. The lowest BCUT2D eigenvalue weighted by Gasteiger charge is -2.29. The number of hydrogen-bond acceptors (Lipinski definition) is 2. The van der Waals surface area contributed by atoms with Gasteiger partial charge < -0.3 is 0 Å². The molecule has 0 aromatic heterocycles. The Kier molecular flexibility index (Phi) is 4.48. The van der Waals surface area contributed by atoms with Crippen LogP contribution in [0.25, 0.3) is 0 Å². The molecule has 0 bridgehead atoms. The quantitative estimate of drug-likeness (QED) is 0.567. The standard InChI is InChI=1S/C9H16Br2O2S/c1-9(11)6-4-2-3-5-8(9)14(12,13)7-10/h8H,2-7H2,1H3. The molecule has 0 heterocycles. The Labute approximate surface area is 103 Å². The monoisotopic (exact) mass is 346 g/mol. The van der Waals surface area contributed by atoms with Crippen LogP contribution in [0.3, 0.4) is 0 Å². The van der Waals surface area contributed by atoms with E-state index in [2.05, 4.69) is 31.9 Å². The Bertz CT molecular complexity index is 285. The molecule has 0 amide bonds. The zero-order chi connectivity index (χ0) is 10.8. The summed E-state index contributed by atoms with van der Waals surface area (Å²) in [5.41, 5.74) is 0. The van der Waals surface area contributed by atoms with E-state index in [1.807, 2.05) is 6.92 Å². The summed E-state index contributed by atoms with van der Waals surface area (Å²) >= 11 is 6.66. The summed E-state index contributed by atoms with van der Waals surface area (Å²) in [5.74, 6) is 0. The molecule has 1 rings (SSSR count). The molecule has 2 nitrogen and oxygen atoms in total. The van der Waals surface area contributed by atoms with E-state index < -0.39 is 9.84 Å². The highest BCUT2D eigenvalue weighted by Gasteiger charge is 2.40. The van der Waals surface area contributed by atoms with Gasteiger partial charge >= 0.3 is 0 Å². The van der Waals surface area contributed by atoms with Crippen molar-refractivity contribution in [1.82, 2.24) is 0 Å². The van der Waals surface area contributed by atoms with Gasteiger partial charge in [-0.05, 0) is 19.8 Å². The van der Waals surface area contributed by atoms with Gasteiger partial charge in [-0.1, -0.05) is 51.1 Å². The lowest BCUT2D eigenvalue weighted by molar-refractivity contribution is 0.527.